The molecule has 2 rings (SSSR count). The molecule has 0 spiro atoms. The average Bonchev–Trinajstić information content (AvgIpc) is 2.89. The predicted octanol–water partition coefficient (Wildman–Crippen LogP) is 2.60. The lowest BCUT2D eigenvalue weighted by Crippen LogP contribution is -2.44. The minimum absolute atomic E-state index is 0.458. The monoisotopic (exact) mass is 240 g/mol. The lowest BCUT2D eigenvalue weighted by Gasteiger charge is -2.34. The summed E-state index contributed by atoms with van der Waals surface area (Å²) in [5.41, 5.74) is 3.05. The first kappa shape index (κ1) is 13.3. The van der Waals surface area contributed by atoms with Gasteiger partial charge in [0.25, 0.3) is 0 Å². The summed E-state index contributed by atoms with van der Waals surface area (Å²) in [5, 5.41) is 0. The minimum Gasteiger partial charge on any atom is -0.378 e. The van der Waals surface area contributed by atoms with Crippen molar-refractivity contribution in [3.63, 3.8) is 0 Å². The van der Waals surface area contributed by atoms with E-state index in [1.165, 1.54) is 44.9 Å². The number of ether oxygens (including phenoxy) is 1. The van der Waals surface area contributed by atoms with Crippen LogP contribution in [0.25, 0.3) is 0 Å². The maximum atomic E-state index is 5.74. The summed E-state index contributed by atoms with van der Waals surface area (Å²) in [6, 6.07) is 0.468. The molecule has 0 aromatic heterocycles. The number of hydrazine groups is 1. The van der Waals surface area contributed by atoms with Gasteiger partial charge >= 0.3 is 0 Å². The van der Waals surface area contributed by atoms with E-state index < -0.39 is 0 Å². The Bertz CT molecular complexity index is 208. The van der Waals surface area contributed by atoms with Gasteiger partial charge in [0.15, 0.2) is 0 Å². The third-order valence-electron chi connectivity index (χ3n) is 4.79. The van der Waals surface area contributed by atoms with Crippen LogP contribution in [0.4, 0.5) is 0 Å². The largest absolute Gasteiger partial charge is 0.378 e. The van der Waals surface area contributed by atoms with Crippen LogP contribution in [0.1, 0.15) is 58.3 Å². The Hall–Kier alpha value is -0.120. The lowest BCUT2D eigenvalue weighted by molar-refractivity contribution is 0.0801. The molecule has 0 radical (unpaired) electrons. The van der Waals surface area contributed by atoms with Crippen LogP contribution in [0.5, 0.6) is 0 Å². The van der Waals surface area contributed by atoms with Crippen molar-refractivity contribution in [2.45, 2.75) is 70.4 Å². The molecule has 0 bridgehead atoms. The summed E-state index contributed by atoms with van der Waals surface area (Å²) in [4.78, 5) is 0. The van der Waals surface area contributed by atoms with E-state index in [1.54, 1.807) is 0 Å². The van der Waals surface area contributed by atoms with Crippen molar-refractivity contribution in [3.8, 4) is 0 Å². The molecule has 0 aromatic rings. The van der Waals surface area contributed by atoms with Crippen LogP contribution in [0.3, 0.4) is 0 Å². The van der Waals surface area contributed by atoms with E-state index in [0.29, 0.717) is 12.1 Å². The van der Waals surface area contributed by atoms with Crippen molar-refractivity contribution >= 4 is 0 Å². The van der Waals surface area contributed by atoms with Crippen molar-refractivity contribution in [3.05, 3.63) is 0 Å². The molecule has 2 atom stereocenters. The van der Waals surface area contributed by atoms with E-state index in [-0.39, 0.29) is 0 Å². The second-order valence-electron chi connectivity index (χ2n) is 5.83. The van der Waals surface area contributed by atoms with E-state index in [9.17, 15) is 0 Å². The fourth-order valence-corrected chi connectivity index (χ4v) is 3.51. The summed E-state index contributed by atoms with van der Waals surface area (Å²) >= 11 is 0. The van der Waals surface area contributed by atoms with Gasteiger partial charge in [0.1, 0.15) is 0 Å². The molecule has 3 heteroatoms. The van der Waals surface area contributed by atoms with Gasteiger partial charge in [-0.2, -0.15) is 0 Å². The second-order valence-corrected chi connectivity index (χ2v) is 5.83. The molecule has 2 aliphatic rings. The molecule has 17 heavy (non-hydrogen) atoms. The summed E-state index contributed by atoms with van der Waals surface area (Å²) in [5.74, 6) is 7.48. The van der Waals surface area contributed by atoms with Gasteiger partial charge in [-0.15, -0.1) is 0 Å². The molecule has 2 unspecified atom stereocenters. The van der Waals surface area contributed by atoms with Crippen LogP contribution in [0.2, 0.25) is 0 Å². The van der Waals surface area contributed by atoms with Crippen LogP contribution in [-0.2, 0) is 4.74 Å². The highest BCUT2D eigenvalue weighted by Crippen LogP contribution is 2.34. The highest BCUT2D eigenvalue weighted by molar-refractivity contribution is 4.83. The maximum absolute atomic E-state index is 5.74. The van der Waals surface area contributed by atoms with Crippen LogP contribution in [-0.4, -0.2) is 18.8 Å². The highest BCUT2D eigenvalue weighted by Gasteiger charge is 2.29. The third kappa shape index (κ3) is 3.67. The molecule has 1 aliphatic heterocycles. The van der Waals surface area contributed by atoms with Crippen molar-refractivity contribution < 1.29 is 4.74 Å². The van der Waals surface area contributed by atoms with E-state index in [0.717, 1.165) is 24.9 Å². The topological polar surface area (TPSA) is 47.3 Å². The lowest BCUT2D eigenvalue weighted by atomic mass is 9.76. The molecule has 1 saturated heterocycles. The SMILES string of the molecule is CCC1CCC(C(CC2CCCO2)NN)CC1. The Morgan fingerprint density at radius 3 is 2.53 bits per heavy atom. The smallest absolute Gasteiger partial charge is 0.0591 e. The summed E-state index contributed by atoms with van der Waals surface area (Å²) in [7, 11) is 0. The summed E-state index contributed by atoms with van der Waals surface area (Å²) in [6.07, 6.45) is 10.8. The number of nitrogens with two attached hydrogens (primary N) is 1. The Labute approximate surface area is 105 Å². The van der Waals surface area contributed by atoms with E-state index in [1.807, 2.05) is 0 Å². The molecule has 3 nitrogen and oxygen atoms in total. The van der Waals surface area contributed by atoms with Crippen molar-refractivity contribution in [1.29, 1.82) is 0 Å². The normalized spacial score (nSPS) is 36.0. The zero-order chi connectivity index (χ0) is 12.1. The van der Waals surface area contributed by atoms with Crippen molar-refractivity contribution in [1.82, 2.24) is 5.43 Å². The second kappa shape index (κ2) is 6.72. The molecular formula is C14H28N2O. The van der Waals surface area contributed by atoms with Gasteiger partial charge in [-0.05, 0) is 43.9 Å². The summed E-state index contributed by atoms with van der Waals surface area (Å²) < 4.78 is 5.72. The molecule has 1 heterocycles. The number of nitrogens with one attached hydrogen (secondary N) is 1. The van der Waals surface area contributed by atoms with E-state index >= 15 is 0 Å². The maximum Gasteiger partial charge on any atom is 0.0591 e. The average molecular weight is 240 g/mol. The van der Waals surface area contributed by atoms with Gasteiger partial charge < -0.3 is 4.74 Å². The van der Waals surface area contributed by atoms with Gasteiger partial charge in [-0.1, -0.05) is 26.2 Å². The van der Waals surface area contributed by atoms with E-state index in [4.69, 9.17) is 10.6 Å². The molecule has 100 valence electrons. The molecule has 3 N–H and O–H groups in total. The first-order valence-corrected chi connectivity index (χ1v) is 7.41. The van der Waals surface area contributed by atoms with Gasteiger partial charge in [0, 0.05) is 12.6 Å². The Morgan fingerprint density at radius 1 is 1.24 bits per heavy atom. The van der Waals surface area contributed by atoms with Gasteiger partial charge in [-0.25, -0.2) is 0 Å². The van der Waals surface area contributed by atoms with Crippen LogP contribution >= 0.6 is 0 Å². The number of hydrogen-bond donors (Lipinski definition) is 2. The fraction of sp³-hybridized carbons (Fsp3) is 1.00. The highest BCUT2D eigenvalue weighted by atomic mass is 16.5. The van der Waals surface area contributed by atoms with Crippen LogP contribution < -0.4 is 11.3 Å². The molecule has 1 saturated carbocycles. The first-order valence-electron chi connectivity index (χ1n) is 7.41. The molecule has 0 amide bonds. The zero-order valence-electron chi connectivity index (χ0n) is 11.2. The molecule has 2 fully saturated rings. The minimum atomic E-state index is 0.458. The Balaban J connectivity index is 1.77. The predicted molar refractivity (Wildman–Crippen MR) is 70.4 cm³/mol. The zero-order valence-corrected chi connectivity index (χ0v) is 11.2. The standard InChI is InChI=1S/C14H28N2O/c1-2-11-5-7-12(8-6-11)14(16-15)10-13-4-3-9-17-13/h11-14,16H,2-10,15H2,1H3. The Kier molecular flexibility index (Phi) is 5.26. The fourth-order valence-electron chi connectivity index (χ4n) is 3.51. The third-order valence-corrected chi connectivity index (χ3v) is 4.79. The van der Waals surface area contributed by atoms with Gasteiger partial charge in [-0.3, -0.25) is 11.3 Å². The summed E-state index contributed by atoms with van der Waals surface area (Å²) in [6.45, 7) is 3.26. The Morgan fingerprint density at radius 2 is 2.00 bits per heavy atom. The van der Waals surface area contributed by atoms with Gasteiger partial charge in [0.05, 0.1) is 6.10 Å². The number of rotatable bonds is 5. The van der Waals surface area contributed by atoms with Crippen LogP contribution in [0.15, 0.2) is 0 Å². The van der Waals surface area contributed by atoms with Crippen LogP contribution in [0, 0.1) is 11.8 Å². The molecular weight excluding hydrogens is 212 g/mol. The number of hydrogen-bond acceptors (Lipinski definition) is 3. The van der Waals surface area contributed by atoms with Crippen molar-refractivity contribution in [2.75, 3.05) is 6.61 Å². The quantitative estimate of drug-likeness (QED) is 0.573. The first-order chi connectivity index (χ1) is 8.33. The van der Waals surface area contributed by atoms with Crippen molar-refractivity contribution in [2.24, 2.45) is 17.7 Å². The van der Waals surface area contributed by atoms with E-state index in [2.05, 4.69) is 12.3 Å². The van der Waals surface area contributed by atoms with Gasteiger partial charge in [0.2, 0.25) is 0 Å². The molecule has 1 aliphatic carbocycles. The molecule has 0 aromatic carbocycles.